The molecule has 0 aromatic heterocycles. The van der Waals surface area contributed by atoms with Gasteiger partial charge in [0.15, 0.2) is 6.54 Å². The normalized spacial score (nSPS) is 22.2. The molecule has 1 aromatic rings. The van der Waals surface area contributed by atoms with E-state index in [9.17, 15) is 14.7 Å². The Bertz CT molecular complexity index is 499. The van der Waals surface area contributed by atoms with Crippen LogP contribution in [-0.2, 0) is 9.59 Å². The summed E-state index contributed by atoms with van der Waals surface area (Å²) in [6.45, 7) is 1.77. The van der Waals surface area contributed by atoms with Crippen molar-refractivity contribution >= 4 is 33.5 Å². The van der Waals surface area contributed by atoms with Gasteiger partial charge in [0.25, 0.3) is 5.91 Å². The number of carboxylic acids is 1. The average molecular weight is 341 g/mol. The van der Waals surface area contributed by atoms with Gasteiger partial charge in [-0.05, 0) is 18.2 Å². The standard InChI is InChI=1S/C14H17BrN2O3/c15-11-2-1-3-12(8-11)16-13(18)9-17-6-4-10(5-7-17)14(19)20/h1-3,8,10H,4-7,9H2,(H,16,18)(H,19,20). The zero-order valence-corrected chi connectivity index (χ0v) is 12.6. The van der Waals surface area contributed by atoms with Crippen LogP contribution in [0.2, 0.25) is 0 Å². The molecule has 2 N–H and O–H groups in total. The molecule has 0 radical (unpaired) electrons. The minimum absolute atomic E-state index is 0.0509. The highest BCUT2D eigenvalue weighted by atomic mass is 79.9. The highest BCUT2D eigenvalue weighted by Crippen LogP contribution is 2.15. The Morgan fingerprint density at radius 1 is 1.35 bits per heavy atom. The lowest BCUT2D eigenvalue weighted by Crippen LogP contribution is -3.14. The Hall–Kier alpha value is -1.40. The number of hydrogen-bond donors (Lipinski definition) is 2. The quantitative estimate of drug-likeness (QED) is 0.771. The summed E-state index contributed by atoms with van der Waals surface area (Å²) in [5, 5.41) is 13.6. The lowest BCUT2D eigenvalue weighted by Gasteiger charge is -2.29. The third kappa shape index (κ3) is 4.31. The molecule has 0 unspecified atom stereocenters. The number of quaternary nitrogens is 1. The maximum atomic E-state index is 11.9. The summed E-state index contributed by atoms with van der Waals surface area (Å²) >= 11 is 3.35. The van der Waals surface area contributed by atoms with Crippen molar-refractivity contribution in [1.82, 2.24) is 0 Å². The zero-order valence-electron chi connectivity index (χ0n) is 11.0. The average Bonchev–Trinajstić information content (AvgIpc) is 2.39. The van der Waals surface area contributed by atoms with Crippen LogP contribution in [0.25, 0.3) is 0 Å². The van der Waals surface area contributed by atoms with E-state index in [1.165, 1.54) is 0 Å². The molecule has 0 saturated carbocycles. The maximum Gasteiger partial charge on any atom is 0.279 e. The van der Waals surface area contributed by atoms with Gasteiger partial charge < -0.3 is 20.1 Å². The van der Waals surface area contributed by atoms with Crippen LogP contribution < -0.4 is 15.3 Å². The first kappa shape index (κ1) is 15.0. The van der Waals surface area contributed by atoms with E-state index in [2.05, 4.69) is 21.2 Å². The predicted molar refractivity (Wildman–Crippen MR) is 76.1 cm³/mol. The topological polar surface area (TPSA) is 73.7 Å². The second-order valence-corrected chi connectivity index (χ2v) is 5.99. The number of likely N-dealkylation sites (tertiary alicyclic amines) is 1. The van der Waals surface area contributed by atoms with E-state index in [1.54, 1.807) is 0 Å². The lowest BCUT2D eigenvalue weighted by molar-refractivity contribution is -0.897. The van der Waals surface area contributed by atoms with Gasteiger partial charge in [-0.25, -0.2) is 0 Å². The van der Waals surface area contributed by atoms with Gasteiger partial charge >= 0.3 is 0 Å². The number of rotatable bonds is 4. The molecular weight excluding hydrogens is 324 g/mol. The van der Waals surface area contributed by atoms with E-state index in [-0.39, 0.29) is 11.8 Å². The molecule has 1 saturated heterocycles. The number of halogens is 1. The SMILES string of the molecule is O=C(C[NH+]1CCC(C(=O)[O-])CC1)Nc1cccc(Br)c1. The first-order valence-corrected chi connectivity index (χ1v) is 7.44. The molecule has 108 valence electrons. The molecule has 6 heteroatoms. The fourth-order valence-electron chi connectivity index (χ4n) is 2.44. The smallest absolute Gasteiger partial charge is 0.279 e. The van der Waals surface area contributed by atoms with E-state index < -0.39 is 5.97 Å². The number of piperidine rings is 1. The van der Waals surface area contributed by atoms with Gasteiger partial charge in [0, 0.05) is 34.9 Å². The maximum absolute atomic E-state index is 11.9. The summed E-state index contributed by atoms with van der Waals surface area (Å²) in [5.41, 5.74) is 0.758. The van der Waals surface area contributed by atoms with Gasteiger partial charge in [0.2, 0.25) is 0 Å². The van der Waals surface area contributed by atoms with Crippen LogP contribution in [-0.4, -0.2) is 31.5 Å². The molecule has 1 heterocycles. The van der Waals surface area contributed by atoms with E-state index >= 15 is 0 Å². The number of anilines is 1. The van der Waals surface area contributed by atoms with E-state index in [4.69, 9.17) is 0 Å². The minimum Gasteiger partial charge on any atom is -0.550 e. The number of aliphatic carboxylic acids is 1. The molecule has 20 heavy (non-hydrogen) atoms. The molecule has 1 fully saturated rings. The zero-order chi connectivity index (χ0) is 14.5. The molecule has 0 atom stereocenters. The molecule has 1 aromatic carbocycles. The molecule has 0 spiro atoms. The van der Waals surface area contributed by atoms with Gasteiger partial charge in [0.05, 0.1) is 13.1 Å². The Labute approximate surface area is 126 Å². The fourth-order valence-corrected chi connectivity index (χ4v) is 2.84. The van der Waals surface area contributed by atoms with Crippen molar-refractivity contribution in [2.24, 2.45) is 5.92 Å². The van der Waals surface area contributed by atoms with Crippen LogP contribution in [0, 0.1) is 5.92 Å². The van der Waals surface area contributed by atoms with Crippen LogP contribution >= 0.6 is 15.9 Å². The first-order valence-electron chi connectivity index (χ1n) is 6.64. The van der Waals surface area contributed by atoms with Gasteiger partial charge in [-0.2, -0.15) is 0 Å². The second-order valence-electron chi connectivity index (χ2n) is 5.08. The number of hydrogen-bond acceptors (Lipinski definition) is 3. The third-order valence-corrected chi connectivity index (χ3v) is 4.04. The van der Waals surface area contributed by atoms with Crippen molar-refractivity contribution in [3.63, 3.8) is 0 Å². The lowest BCUT2D eigenvalue weighted by atomic mass is 9.97. The van der Waals surface area contributed by atoms with Crippen molar-refractivity contribution in [3.05, 3.63) is 28.7 Å². The molecule has 1 aliphatic heterocycles. The first-order chi connectivity index (χ1) is 9.54. The van der Waals surface area contributed by atoms with E-state index in [0.29, 0.717) is 32.5 Å². The summed E-state index contributed by atoms with van der Waals surface area (Å²) in [4.78, 5) is 23.8. The van der Waals surface area contributed by atoms with Gasteiger partial charge in [-0.3, -0.25) is 4.79 Å². The van der Waals surface area contributed by atoms with E-state index in [1.807, 2.05) is 24.3 Å². The predicted octanol–water partition coefficient (Wildman–Crippen LogP) is -0.568. The molecule has 5 nitrogen and oxygen atoms in total. The van der Waals surface area contributed by atoms with E-state index in [0.717, 1.165) is 15.1 Å². The summed E-state index contributed by atoms with van der Waals surface area (Å²) in [6.07, 6.45) is 1.17. The monoisotopic (exact) mass is 340 g/mol. The van der Waals surface area contributed by atoms with Gasteiger partial charge in [-0.1, -0.05) is 22.0 Å². The van der Waals surface area contributed by atoms with Crippen LogP contribution in [0.3, 0.4) is 0 Å². The fraction of sp³-hybridized carbons (Fsp3) is 0.429. The van der Waals surface area contributed by atoms with Gasteiger partial charge in [-0.15, -0.1) is 0 Å². The third-order valence-electron chi connectivity index (χ3n) is 3.54. The summed E-state index contributed by atoms with van der Waals surface area (Å²) in [6, 6.07) is 7.43. The Kier molecular flexibility index (Phi) is 5.14. The number of nitrogens with one attached hydrogen (secondary N) is 2. The largest absolute Gasteiger partial charge is 0.550 e. The highest BCUT2D eigenvalue weighted by Gasteiger charge is 2.24. The molecular formula is C14H17BrN2O3. The van der Waals surface area contributed by atoms with Crippen LogP contribution in [0.5, 0.6) is 0 Å². The van der Waals surface area contributed by atoms with Crippen molar-refractivity contribution in [1.29, 1.82) is 0 Å². The number of carbonyl (C=O) groups excluding carboxylic acids is 2. The second kappa shape index (κ2) is 6.85. The summed E-state index contributed by atoms with van der Waals surface area (Å²) in [7, 11) is 0. The number of benzene rings is 1. The molecule has 1 aliphatic rings. The summed E-state index contributed by atoms with van der Waals surface area (Å²) in [5.74, 6) is -1.38. The number of amides is 1. The van der Waals surface area contributed by atoms with Crippen LogP contribution in [0.4, 0.5) is 5.69 Å². The minimum atomic E-state index is -0.970. The number of carboxylic acid groups (broad SMARTS) is 1. The summed E-state index contributed by atoms with van der Waals surface area (Å²) < 4.78 is 0.914. The molecule has 1 amide bonds. The number of carbonyl (C=O) groups is 2. The van der Waals surface area contributed by atoms with Crippen molar-refractivity contribution in [2.45, 2.75) is 12.8 Å². The van der Waals surface area contributed by atoms with Crippen molar-refractivity contribution in [2.75, 3.05) is 25.0 Å². The van der Waals surface area contributed by atoms with Crippen LogP contribution in [0.1, 0.15) is 12.8 Å². The highest BCUT2D eigenvalue weighted by molar-refractivity contribution is 9.10. The molecule has 2 rings (SSSR count). The van der Waals surface area contributed by atoms with Crippen LogP contribution in [0.15, 0.2) is 28.7 Å². The Morgan fingerprint density at radius 3 is 2.65 bits per heavy atom. The molecule has 0 aliphatic carbocycles. The van der Waals surface area contributed by atoms with Crippen molar-refractivity contribution < 1.29 is 19.6 Å². The molecule has 0 bridgehead atoms. The Balaban J connectivity index is 1.80. The Morgan fingerprint density at radius 2 is 2.05 bits per heavy atom. The van der Waals surface area contributed by atoms with Crippen molar-refractivity contribution in [3.8, 4) is 0 Å². The van der Waals surface area contributed by atoms with Gasteiger partial charge in [0.1, 0.15) is 0 Å².